The van der Waals surface area contributed by atoms with E-state index in [4.69, 9.17) is 9.47 Å². The molecule has 0 radical (unpaired) electrons. The molecule has 0 bridgehead atoms. The van der Waals surface area contributed by atoms with Crippen LogP contribution in [0, 0.1) is 6.92 Å². The van der Waals surface area contributed by atoms with E-state index >= 15 is 0 Å². The molecule has 1 amide bonds. The number of carbonyl (C=O) groups excluding carboxylic acids is 1. The predicted octanol–water partition coefficient (Wildman–Crippen LogP) is 4.86. The smallest absolute Gasteiger partial charge is 0.235 e. The maximum absolute atomic E-state index is 13.2. The summed E-state index contributed by atoms with van der Waals surface area (Å²) in [5, 5.41) is 3.13. The Morgan fingerprint density at radius 2 is 1.81 bits per heavy atom. The average molecular weight is 367 g/mol. The first-order valence-electron chi connectivity index (χ1n) is 9.83. The molecule has 27 heavy (non-hydrogen) atoms. The molecular formula is C23H29NO3. The van der Waals surface area contributed by atoms with E-state index < -0.39 is 5.41 Å². The molecule has 4 nitrogen and oxygen atoms in total. The zero-order valence-corrected chi connectivity index (χ0v) is 16.3. The number of rotatable bonds is 8. The predicted molar refractivity (Wildman–Crippen MR) is 108 cm³/mol. The van der Waals surface area contributed by atoms with E-state index in [9.17, 15) is 4.79 Å². The third-order valence-corrected chi connectivity index (χ3v) is 5.28. The fourth-order valence-corrected chi connectivity index (χ4v) is 3.82. The maximum Gasteiger partial charge on any atom is 0.235 e. The number of amides is 1. The van der Waals surface area contributed by atoms with E-state index in [1.54, 1.807) is 0 Å². The van der Waals surface area contributed by atoms with Crippen LogP contribution in [0.5, 0.6) is 5.75 Å². The van der Waals surface area contributed by atoms with E-state index in [0.29, 0.717) is 19.8 Å². The fraction of sp³-hybridized carbons (Fsp3) is 0.435. The first-order chi connectivity index (χ1) is 13.1. The van der Waals surface area contributed by atoms with Gasteiger partial charge in [0.05, 0.1) is 12.0 Å². The number of anilines is 1. The minimum absolute atomic E-state index is 0.0932. The Morgan fingerprint density at radius 3 is 2.48 bits per heavy atom. The SMILES string of the molecule is CCOCCOc1ccc(NC(=O)C2(c3cccc(C)c3)CCCC2)cc1. The van der Waals surface area contributed by atoms with E-state index in [1.807, 2.05) is 37.3 Å². The van der Waals surface area contributed by atoms with Gasteiger partial charge in [-0.25, -0.2) is 0 Å². The molecule has 0 aromatic heterocycles. The molecule has 0 atom stereocenters. The molecule has 1 saturated carbocycles. The number of hydrogen-bond acceptors (Lipinski definition) is 3. The second-order valence-corrected chi connectivity index (χ2v) is 7.18. The Labute approximate surface area is 161 Å². The van der Waals surface area contributed by atoms with Gasteiger partial charge in [0.25, 0.3) is 0 Å². The number of nitrogens with one attached hydrogen (secondary N) is 1. The van der Waals surface area contributed by atoms with Crippen molar-refractivity contribution < 1.29 is 14.3 Å². The van der Waals surface area contributed by atoms with Crippen LogP contribution in [0.15, 0.2) is 48.5 Å². The number of hydrogen-bond donors (Lipinski definition) is 1. The maximum atomic E-state index is 13.2. The van der Waals surface area contributed by atoms with Crippen molar-refractivity contribution in [2.45, 2.75) is 44.9 Å². The highest BCUT2D eigenvalue weighted by molar-refractivity contribution is 5.99. The standard InChI is InChI=1S/C23H29NO3/c1-3-26-15-16-27-21-11-9-20(10-12-21)24-22(25)23(13-4-5-14-23)19-8-6-7-18(2)17-19/h6-12,17H,3-5,13-16H2,1-2H3,(H,24,25). The van der Waals surface area contributed by atoms with Gasteiger partial charge in [0.15, 0.2) is 0 Å². The molecule has 0 saturated heterocycles. The van der Waals surface area contributed by atoms with E-state index in [0.717, 1.165) is 42.7 Å². The molecule has 0 spiro atoms. The van der Waals surface area contributed by atoms with E-state index in [-0.39, 0.29) is 5.91 Å². The van der Waals surface area contributed by atoms with E-state index in [2.05, 4.69) is 30.4 Å². The summed E-state index contributed by atoms with van der Waals surface area (Å²) >= 11 is 0. The van der Waals surface area contributed by atoms with Gasteiger partial charge in [-0.3, -0.25) is 4.79 Å². The molecule has 4 heteroatoms. The van der Waals surface area contributed by atoms with Crippen LogP contribution in [0.1, 0.15) is 43.7 Å². The summed E-state index contributed by atoms with van der Waals surface area (Å²) in [7, 11) is 0. The lowest BCUT2D eigenvalue weighted by atomic mass is 9.77. The normalized spacial score (nSPS) is 15.5. The summed E-state index contributed by atoms with van der Waals surface area (Å²) in [5.41, 5.74) is 2.71. The van der Waals surface area contributed by atoms with Gasteiger partial charge >= 0.3 is 0 Å². The molecule has 1 aliphatic carbocycles. The van der Waals surface area contributed by atoms with Gasteiger partial charge in [0.2, 0.25) is 5.91 Å². The average Bonchev–Trinajstić information content (AvgIpc) is 3.18. The summed E-state index contributed by atoms with van der Waals surface area (Å²) in [4.78, 5) is 13.2. The van der Waals surface area contributed by atoms with Crippen molar-refractivity contribution in [1.82, 2.24) is 0 Å². The number of ether oxygens (including phenoxy) is 2. The van der Waals surface area contributed by atoms with Crippen LogP contribution in [0.3, 0.4) is 0 Å². The monoisotopic (exact) mass is 367 g/mol. The lowest BCUT2D eigenvalue weighted by Gasteiger charge is -2.28. The molecular weight excluding hydrogens is 338 g/mol. The van der Waals surface area contributed by atoms with Crippen LogP contribution in [0.4, 0.5) is 5.69 Å². The van der Waals surface area contributed by atoms with Crippen LogP contribution in [-0.4, -0.2) is 25.7 Å². The highest BCUT2D eigenvalue weighted by atomic mass is 16.5. The van der Waals surface area contributed by atoms with Gasteiger partial charge in [-0.1, -0.05) is 42.7 Å². The summed E-state index contributed by atoms with van der Waals surface area (Å²) in [6.45, 7) is 5.83. The Hall–Kier alpha value is -2.33. The molecule has 1 aliphatic rings. The second-order valence-electron chi connectivity index (χ2n) is 7.18. The first kappa shape index (κ1) is 19.4. The van der Waals surface area contributed by atoms with Crippen molar-refractivity contribution in [2.24, 2.45) is 0 Å². The Bertz CT molecular complexity index is 748. The van der Waals surface area contributed by atoms with Crippen molar-refractivity contribution in [2.75, 3.05) is 25.1 Å². The van der Waals surface area contributed by atoms with Crippen LogP contribution < -0.4 is 10.1 Å². The third-order valence-electron chi connectivity index (χ3n) is 5.28. The second kappa shape index (κ2) is 9.05. The summed E-state index contributed by atoms with van der Waals surface area (Å²) in [6.07, 6.45) is 3.99. The van der Waals surface area contributed by atoms with Crippen molar-refractivity contribution in [3.05, 3.63) is 59.7 Å². The minimum atomic E-state index is -0.418. The molecule has 1 fully saturated rings. The van der Waals surface area contributed by atoms with Gasteiger partial charge < -0.3 is 14.8 Å². The topological polar surface area (TPSA) is 47.6 Å². The minimum Gasteiger partial charge on any atom is -0.491 e. The van der Waals surface area contributed by atoms with Gasteiger partial charge in [-0.05, 0) is 56.5 Å². The van der Waals surface area contributed by atoms with Crippen LogP contribution in [0.25, 0.3) is 0 Å². The number of carbonyl (C=O) groups is 1. The largest absolute Gasteiger partial charge is 0.491 e. The first-order valence-corrected chi connectivity index (χ1v) is 9.83. The number of aryl methyl sites for hydroxylation is 1. The molecule has 0 unspecified atom stereocenters. The van der Waals surface area contributed by atoms with Crippen molar-refractivity contribution in [3.8, 4) is 5.75 Å². The van der Waals surface area contributed by atoms with Gasteiger partial charge in [0, 0.05) is 12.3 Å². The van der Waals surface area contributed by atoms with Crippen LogP contribution in [0.2, 0.25) is 0 Å². The molecule has 0 heterocycles. The molecule has 144 valence electrons. The zero-order valence-electron chi connectivity index (χ0n) is 16.3. The Kier molecular flexibility index (Phi) is 6.51. The van der Waals surface area contributed by atoms with Gasteiger partial charge in [-0.15, -0.1) is 0 Å². The van der Waals surface area contributed by atoms with Gasteiger partial charge in [0.1, 0.15) is 12.4 Å². The lowest BCUT2D eigenvalue weighted by Crippen LogP contribution is -2.38. The third kappa shape index (κ3) is 4.69. The summed E-state index contributed by atoms with van der Waals surface area (Å²) < 4.78 is 10.9. The highest BCUT2D eigenvalue weighted by Gasteiger charge is 2.42. The van der Waals surface area contributed by atoms with Crippen molar-refractivity contribution >= 4 is 11.6 Å². The van der Waals surface area contributed by atoms with Crippen LogP contribution in [-0.2, 0) is 14.9 Å². The van der Waals surface area contributed by atoms with Crippen LogP contribution >= 0.6 is 0 Å². The van der Waals surface area contributed by atoms with Crippen molar-refractivity contribution in [3.63, 3.8) is 0 Å². The molecule has 0 aliphatic heterocycles. The Balaban J connectivity index is 1.68. The quantitative estimate of drug-likeness (QED) is 0.678. The lowest BCUT2D eigenvalue weighted by molar-refractivity contribution is -0.121. The fourth-order valence-electron chi connectivity index (χ4n) is 3.82. The Morgan fingerprint density at radius 1 is 1.07 bits per heavy atom. The molecule has 2 aromatic rings. The highest BCUT2D eigenvalue weighted by Crippen LogP contribution is 2.42. The molecule has 3 rings (SSSR count). The number of benzene rings is 2. The van der Waals surface area contributed by atoms with E-state index in [1.165, 1.54) is 5.56 Å². The van der Waals surface area contributed by atoms with Crippen molar-refractivity contribution in [1.29, 1.82) is 0 Å². The zero-order chi connectivity index (χ0) is 19.1. The molecule has 1 N–H and O–H groups in total. The summed E-state index contributed by atoms with van der Waals surface area (Å²) in [6, 6.07) is 15.9. The molecule has 2 aromatic carbocycles. The summed E-state index contributed by atoms with van der Waals surface area (Å²) in [5.74, 6) is 0.873. The van der Waals surface area contributed by atoms with Gasteiger partial charge in [-0.2, -0.15) is 0 Å².